The Labute approximate surface area is 145 Å². The molecule has 0 spiro atoms. The smallest absolute Gasteiger partial charge is 0.342 e. The van der Waals surface area contributed by atoms with Gasteiger partial charge in [-0.15, -0.1) is 0 Å². The van der Waals surface area contributed by atoms with Crippen LogP contribution in [0.4, 0.5) is 5.69 Å². The summed E-state index contributed by atoms with van der Waals surface area (Å²) in [5.41, 5.74) is 0.602. The van der Waals surface area contributed by atoms with Gasteiger partial charge in [0, 0.05) is 5.69 Å². The summed E-state index contributed by atoms with van der Waals surface area (Å²) in [5, 5.41) is 7.52. The molecule has 1 heterocycles. The van der Waals surface area contributed by atoms with Gasteiger partial charge in [-0.1, -0.05) is 0 Å². The summed E-state index contributed by atoms with van der Waals surface area (Å²) in [6, 6.07) is 6.83. The van der Waals surface area contributed by atoms with E-state index in [1.807, 2.05) is 0 Å². The van der Waals surface area contributed by atoms with Crippen LogP contribution in [0.25, 0.3) is 0 Å². The van der Waals surface area contributed by atoms with Crippen molar-refractivity contribution in [2.24, 2.45) is 5.14 Å². The molecule has 0 aliphatic heterocycles. The van der Waals surface area contributed by atoms with Crippen molar-refractivity contribution in [3.05, 3.63) is 47.4 Å². The largest absolute Gasteiger partial charge is 0.466 e. The van der Waals surface area contributed by atoms with Gasteiger partial charge in [-0.2, -0.15) is 0 Å². The lowest BCUT2D eigenvalue weighted by Crippen LogP contribution is -2.30. The van der Waals surface area contributed by atoms with Crippen LogP contribution in [0.5, 0.6) is 0 Å². The fourth-order valence-corrected chi connectivity index (χ4v) is 2.60. The molecule has 9 heteroatoms. The second-order valence-electron chi connectivity index (χ2n) is 5.43. The molecule has 0 saturated carbocycles. The lowest BCUT2D eigenvalue weighted by atomic mass is 10.2. The van der Waals surface area contributed by atoms with E-state index in [9.17, 15) is 18.0 Å². The van der Waals surface area contributed by atoms with Gasteiger partial charge in [0.1, 0.15) is 17.1 Å². The molecule has 1 aromatic carbocycles. The van der Waals surface area contributed by atoms with Gasteiger partial charge >= 0.3 is 5.97 Å². The highest BCUT2D eigenvalue weighted by atomic mass is 32.2. The van der Waals surface area contributed by atoms with Crippen LogP contribution in [0.2, 0.25) is 0 Å². The number of sulfonamides is 1. The van der Waals surface area contributed by atoms with Crippen LogP contribution in [-0.2, 0) is 19.6 Å². The van der Waals surface area contributed by atoms with Gasteiger partial charge < -0.3 is 14.5 Å². The van der Waals surface area contributed by atoms with E-state index in [0.29, 0.717) is 17.2 Å². The first-order valence-electron chi connectivity index (χ1n) is 7.29. The van der Waals surface area contributed by atoms with Gasteiger partial charge in [0.05, 0.1) is 4.90 Å². The van der Waals surface area contributed by atoms with E-state index in [4.69, 9.17) is 14.3 Å². The molecule has 1 unspecified atom stereocenters. The Morgan fingerprint density at radius 2 is 1.80 bits per heavy atom. The van der Waals surface area contributed by atoms with Gasteiger partial charge in [0.2, 0.25) is 10.0 Å². The van der Waals surface area contributed by atoms with Crippen LogP contribution in [0.1, 0.15) is 28.8 Å². The Kier molecular flexibility index (Phi) is 5.29. The van der Waals surface area contributed by atoms with Crippen molar-refractivity contribution in [1.29, 1.82) is 0 Å². The van der Waals surface area contributed by atoms with E-state index < -0.39 is 28.0 Å². The van der Waals surface area contributed by atoms with Crippen LogP contribution < -0.4 is 10.5 Å². The molecular weight excluding hydrogens is 348 g/mol. The molecule has 2 rings (SSSR count). The SMILES string of the molecule is Cc1cc(C(=O)OC(C)C(=O)Nc2ccc(S(N)(=O)=O)cc2)c(C)o1. The average molecular weight is 366 g/mol. The van der Waals surface area contributed by atoms with E-state index in [2.05, 4.69) is 5.32 Å². The standard InChI is InChI=1S/C16H18N2O6S/c1-9-8-14(10(2)23-9)16(20)24-11(3)15(19)18-12-4-6-13(7-5-12)25(17,21)22/h4-8,11H,1-3H3,(H,18,19)(H2,17,21,22). The number of ether oxygens (including phenoxy) is 1. The Hall–Kier alpha value is -2.65. The normalized spacial score (nSPS) is 12.5. The number of hydrogen-bond donors (Lipinski definition) is 2. The number of esters is 1. The van der Waals surface area contributed by atoms with Crippen molar-refractivity contribution in [3.63, 3.8) is 0 Å². The summed E-state index contributed by atoms with van der Waals surface area (Å²) in [6.45, 7) is 4.75. The summed E-state index contributed by atoms with van der Waals surface area (Å²) in [4.78, 5) is 24.1. The number of aryl methyl sites for hydroxylation is 2. The summed E-state index contributed by atoms with van der Waals surface area (Å²) in [5.74, 6) is -0.249. The molecule has 134 valence electrons. The first-order valence-corrected chi connectivity index (χ1v) is 8.84. The molecule has 0 fully saturated rings. The zero-order valence-electron chi connectivity index (χ0n) is 13.9. The fraction of sp³-hybridized carbons (Fsp3) is 0.250. The monoisotopic (exact) mass is 366 g/mol. The Morgan fingerprint density at radius 1 is 1.20 bits per heavy atom. The maximum absolute atomic E-state index is 12.1. The van der Waals surface area contributed by atoms with Crippen molar-refractivity contribution >= 4 is 27.6 Å². The molecule has 3 N–H and O–H groups in total. The first kappa shape index (κ1) is 18.7. The highest BCUT2D eigenvalue weighted by Crippen LogP contribution is 2.17. The predicted molar refractivity (Wildman–Crippen MR) is 89.5 cm³/mol. The topological polar surface area (TPSA) is 129 Å². The van der Waals surface area contributed by atoms with Crippen LogP contribution in [-0.4, -0.2) is 26.4 Å². The Morgan fingerprint density at radius 3 is 2.28 bits per heavy atom. The molecule has 1 atom stereocenters. The third-order valence-electron chi connectivity index (χ3n) is 3.36. The highest BCUT2D eigenvalue weighted by molar-refractivity contribution is 7.89. The molecule has 0 saturated heterocycles. The number of carbonyl (C=O) groups excluding carboxylic acids is 2. The zero-order valence-corrected chi connectivity index (χ0v) is 14.7. The van der Waals surface area contributed by atoms with Crippen LogP contribution >= 0.6 is 0 Å². The van der Waals surface area contributed by atoms with E-state index in [1.54, 1.807) is 13.8 Å². The first-order chi connectivity index (χ1) is 11.6. The number of rotatable bonds is 5. The van der Waals surface area contributed by atoms with E-state index in [0.717, 1.165) is 0 Å². The van der Waals surface area contributed by atoms with E-state index in [-0.39, 0.29) is 10.5 Å². The molecule has 0 radical (unpaired) electrons. The number of carbonyl (C=O) groups is 2. The highest BCUT2D eigenvalue weighted by Gasteiger charge is 2.22. The lowest BCUT2D eigenvalue weighted by Gasteiger charge is -2.13. The number of benzene rings is 1. The predicted octanol–water partition coefficient (Wildman–Crippen LogP) is 1.73. The van der Waals surface area contributed by atoms with Gasteiger partial charge in [0.25, 0.3) is 5.91 Å². The average Bonchev–Trinajstić information content (AvgIpc) is 2.85. The molecule has 1 amide bonds. The molecule has 2 aromatic rings. The van der Waals surface area contributed by atoms with E-state index in [1.165, 1.54) is 37.3 Å². The number of nitrogens with two attached hydrogens (primary N) is 1. The van der Waals surface area contributed by atoms with Crippen molar-refractivity contribution in [1.82, 2.24) is 0 Å². The Bertz CT molecular complexity index is 899. The third-order valence-corrected chi connectivity index (χ3v) is 4.29. The molecule has 0 aliphatic rings. The van der Waals surface area contributed by atoms with Crippen molar-refractivity contribution in [2.45, 2.75) is 31.8 Å². The number of nitrogens with one attached hydrogen (secondary N) is 1. The number of primary sulfonamides is 1. The van der Waals surface area contributed by atoms with Gasteiger partial charge in [-0.3, -0.25) is 4.79 Å². The number of amides is 1. The molecule has 1 aromatic heterocycles. The van der Waals surface area contributed by atoms with Gasteiger partial charge in [0.15, 0.2) is 6.10 Å². The van der Waals surface area contributed by atoms with Crippen molar-refractivity contribution in [2.75, 3.05) is 5.32 Å². The zero-order chi connectivity index (χ0) is 18.8. The summed E-state index contributed by atoms with van der Waals surface area (Å²) >= 11 is 0. The number of furan rings is 1. The van der Waals surface area contributed by atoms with Crippen LogP contribution in [0.3, 0.4) is 0 Å². The lowest BCUT2D eigenvalue weighted by molar-refractivity contribution is -0.123. The second kappa shape index (κ2) is 7.08. The Balaban J connectivity index is 2.00. The maximum Gasteiger partial charge on any atom is 0.342 e. The van der Waals surface area contributed by atoms with Crippen LogP contribution in [0, 0.1) is 13.8 Å². The molecule has 0 aliphatic carbocycles. The molecular formula is C16H18N2O6S. The minimum absolute atomic E-state index is 0.0734. The van der Waals surface area contributed by atoms with Crippen LogP contribution in [0.15, 0.2) is 39.6 Å². The second-order valence-corrected chi connectivity index (χ2v) is 6.99. The maximum atomic E-state index is 12.1. The van der Waals surface area contributed by atoms with Gasteiger partial charge in [-0.05, 0) is 51.1 Å². The minimum atomic E-state index is -3.80. The minimum Gasteiger partial charge on any atom is -0.466 e. The third kappa shape index (κ3) is 4.68. The quantitative estimate of drug-likeness (QED) is 0.775. The summed E-state index contributed by atoms with van der Waals surface area (Å²) in [6.07, 6.45) is -1.06. The van der Waals surface area contributed by atoms with Crippen molar-refractivity contribution in [3.8, 4) is 0 Å². The van der Waals surface area contributed by atoms with Crippen molar-refractivity contribution < 1.29 is 27.2 Å². The van der Waals surface area contributed by atoms with E-state index >= 15 is 0 Å². The summed E-state index contributed by atoms with van der Waals surface area (Å²) in [7, 11) is -3.80. The molecule has 0 bridgehead atoms. The summed E-state index contributed by atoms with van der Waals surface area (Å²) < 4.78 is 32.7. The molecule has 25 heavy (non-hydrogen) atoms. The fourth-order valence-electron chi connectivity index (χ4n) is 2.08. The number of anilines is 1. The van der Waals surface area contributed by atoms with Gasteiger partial charge in [-0.25, -0.2) is 18.4 Å². The molecule has 8 nitrogen and oxygen atoms in total. The number of hydrogen-bond acceptors (Lipinski definition) is 6.